The van der Waals surface area contributed by atoms with E-state index in [0.717, 1.165) is 45.0 Å². The van der Waals surface area contributed by atoms with Gasteiger partial charge in [0.1, 0.15) is 11.5 Å². The third-order valence-corrected chi connectivity index (χ3v) is 6.09. The molecule has 5 rings (SSSR count). The van der Waals surface area contributed by atoms with Crippen LogP contribution in [0.5, 0.6) is 0 Å². The lowest BCUT2D eigenvalue weighted by Crippen LogP contribution is -2.18. The number of nitrogens with one attached hydrogen (secondary N) is 1. The first kappa shape index (κ1) is 15.6. The zero-order valence-corrected chi connectivity index (χ0v) is 15.6. The predicted octanol–water partition coefficient (Wildman–Crippen LogP) is 4.94. The van der Waals surface area contributed by atoms with Gasteiger partial charge < -0.3 is 9.88 Å². The Kier molecular flexibility index (Phi) is 3.76. The van der Waals surface area contributed by atoms with Gasteiger partial charge in [0.15, 0.2) is 5.82 Å². The molecule has 0 radical (unpaired) electrons. The van der Waals surface area contributed by atoms with Gasteiger partial charge in [-0.1, -0.05) is 24.3 Å². The molecule has 0 atom stereocenters. The van der Waals surface area contributed by atoms with E-state index in [0.29, 0.717) is 0 Å². The minimum atomic E-state index is 0.745. The maximum absolute atomic E-state index is 4.71. The number of imidazole rings is 1. The fourth-order valence-corrected chi connectivity index (χ4v) is 4.57. The number of benzene rings is 2. The Morgan fingerprint density at radius 2 is 1.92 bits per heavy atom. The predicted molar refractivity (Wildman–Crippen MR) is 110 cm³/mol. The molecule has 0 fully saturated rings. The number of nitrogens with zero attached hydrogens (tertiary/aromatic N) is 4. The molecule has 1 aliphatic heterocycles. The summed E-state index contributed by atoms with van der Waals surface area (Å²) in [6.45, 7) is 0. The van der Waals surface area contributed by atoms with E-state index >= 15 is 0 Å². The second-order valence-electron chi connectivity index (χ2n) is 5.97. The van der Waals surface area contributed by atoms with Gasteiger partial charge in [-0.3, -0.25) is 0 Å². The number of aryl methyl sites for hydroxylation is 1. The van der Waals surface area contributed by atoms with Gasteiger partial charge in [0.05, 0.1) is 22.5 Å². The summed E-state index contributed by atoms with van der Waals surface area (Å²) in [4.78, 5) is 15.4. The Labute approximate surface area is 158 Å². The average molecular weight is 377 g/mol. The summed E-state index contributed by atoms with van der Waals surface area (Å²) in [5.41, 5.74) is 4.05. The fourth-order valence-electron chi connectivity index (χ4n) is 3.00. The fraction of sp³-hybridized carbons (Fsp3) is 0.105. The van der Waals surface area contributed by atoms with Crippen LogP contribution in [-0.4, -0.2) is 26.1 Å². The summed E-state index contributed by atoms with van der Waals surface area (Å²) >= 11 is 3.33. The molecular formula is C19H15N5S2. The van der Waals surface area contributed by atoms with Gasteiger partial charge in [-0.25, -0.2) is 15.0 Å². The van der Waals surface area contributed by atoms with E-state index in [1.54, 1.807) is 11.8 Å². The van der Waals surface area contributed by atoms with Crippen molar-refractivity contribution in [1.29, 1.82) is 0 Å². The molecule has 0 bridgehead atoms. The van der Waals surface area contributed by atoms with Gasteiger partial charge in [-0.05, 0) is 24.3 Å². The van der Waals surface area contributed by atoms with E-state index in [9.17, 15) is 0 Å². The number of aromatic nitrogens is 3. The number of hydrogen-bond acceptors (Lipinski definition) is 5. The molecule has 26 heavy (non-hydrogen) atoms. The van der Waals surface area contributed by atoms with Gasteiger partial charge in [-0.2, -0.15) is 0 Å². The molecule has 1 N–H and O–H groups in total. The number of hydrogen-bond donors (Lipinski definition) is 1. The largest absolute Gasteiger partial charge is 0.342 e. The first-order valence-corrected chi connectivity index (χ1v) is 10.1. The molecule has 0 saturated heterocycles. The summed E-state index contributed by atoms with van der Waals surface area (Å²) in [5, 5.41) is 6.17. The highest BCUT2D eigenvalue weighted by atomic mass is 32.2. The van der Waals surface area contributed by atoms with Crippen LogP contribution in [0, 0.1) is 0 Å². The van der Waals surface area contributed by atoms with Crippen LogP contribution in [0.4, 0.5) is 10.8 Å². The summed E-state index contributed by atoms with van der Waals surface area (Å²) in [6.07, 6.45) is 0. The van der Waals surface area contributed by atoms with Crippen LogP contribution in [0.1, 0.15) is 0 Å². The number of thioether (sulfide) groups is 1. The summed E-state index contributed by atoms with van der Waals surface area (Å²) in [6, 6.07) is 16.4. The molecule has 128 valence electrons. The normalized spacial score (nSPS) is 15.2. The van der Waals surface area contributed by atoms with Gasteiger partial charge in [0.2, 0.25) is 5.13 Å². The van der Waals surface area contributed by atoms with Crippen LogP contribution in [0.15, 0.2) is 63.8 Å². The van der Waals surface area contributed by atoms with E-state index < -0.39 is 0 Å². The number of rotatable bonds is 2. The van der Waals surface area contributed by atoms with Crippen molar-refractivity contribution >= 4 is 50.8 Å². The number of anilines is 1. The Morgan fingerprint density at radius 1 is 1.08 bits per heavy atom. The van der Waals surface area contributed by atoms with Crippen molar-refractivity contribution in [2.75, 3.05) is 11.1 Å². The Balaban J connectivity index is 1.46. The monoisotopic (exact) mass is 377 g/mol. The highest BCUT2D eigenvalue weighted by molar-refractivity contribution is 8.00. The lowest BCUT2D eigenvalue weighted by molar-refractivity contribution is 0.953. The van der Waals surface area contributed by atoms with Crippen LogP contribution < -0.4 is 5.32 Å². The molecule has 4 aromatic rings. The minimum absolute atomic E-state index is 0.745. The standard InChI is InChI=1S/C19H15N5S2/c1-24-15-8-4-2-6-12(15)21-18(24)14-10-26-19(22-14)23-17-11-25-16-9-5-3-7-13(16)20-17/h2-10H,11H2,1H3,(H,20,22,23). The van der Waals surface area contributed by atoms with E-state index in [-0.39, 0.29) is 0 Å². The van der Waals surface area contributed by atoms with Gasteiger partial charge in [0, 0.05) is 17.3 Å². The number of thiazole rings is 1. The van der Waals surface area contributed by atoms with E-state index in [2.05, 4.69) is 39.1 Å². The molecule has 0 unspecified atom stereocenters. The average Bonchev–Trinajstić information content (AvgIpc) is 3.26. The number of amidine groups is 1. The number of fused-ring (bicyclic) bond motifs is 2. The van der Waals surface area contributed by atoms with Crippen molar-refractivity contribution in [3.63, 3.8) is 0 Å². The topological polar surface area (TPSA) is 55.1 Å². The third-order valence-electron chi connectivity index (χ3n) is 4.27. The maximum Gasteiger partial charge on any atom is 0.211 e. The molecule has 0 spiro atoms. The zero-order valence-electron chi connectivity index (χ0n) is 14.0. The molecule has 2 aromatic carbocycles. The highest BCUT2D eigenvalue weighted by Gasteiger charge is 2.16. The van der Waals surface area contributed by atoms with Crippen LogP contribution in [0.2, 0.25) is 0 Å². The summed E-state index contributed by atoms with van der Waals surface area (Å²) < 4.78 is 2.08. The molecule has 0 amide bonds. The Bertz CT molecular complexity index is 1140. The van der Waals surface area contributed by atoms with E-state index in [4.69, 9.17) is 9.98 Å². The molecule has 2 aromatic heterocycles. The van der Waals surface area contributed by atoms with Crippen molar-refractivity contribution in [1.82, 2.24) is 14.5 Å². The van der Waals surface area contributed by atoms with Crippen molar-refractivity contribution in [3.05, 3.63) is 53.9 Å². The summed E-state index contributed by atoms with van der Waals surface area (Å²) in [7, 11) is 2.02. The second-order valence-corrected chi connectivity index (χ2v) is 7.82. The van der Waals surface area contributed by atoms with Crippen LogP contribution in [0.25, 0.3) is 22.6 Å². The molecule has 0 aliphatic carbocycles. The van der Waals surface area contributed by atoms with Crippen molar-refractivity contribution in [2.24, 2.45) is 12.0 Å². The van der Waals surface area contributed by atoms with Crippen LogP contribution in [0.3, 0.4) is 0 Å². The highest BCUT2D eigenvalue weighted by Crippen LogP contribution is 2.33. The minimum Gasteiger partial charge on any atom is -0.342 e. The molecule has 3 heterocycles. The lowest BCUT2D eigenvalue weighted by atomic mass is 10.3. The SMILES string of the molecule is Cn1c(-c2csc(/N=C3\CSc4ccccc4N3)n2)nc2ccccc21. The van der Waals surface area contributed by atoms with Crippen LogP contribution in [-0.2, 0) is 7.05 Å². The number of aliphatic imine (C=N–C) groups is 1. The quantitative estimate of drug-likeness (QED) is 0.537. The number of para-hydroxylation sites is 3. The third kappa shape index (κ3) is 2.69. The van der Waals surface area contributed by atoms with E-state index in [1.165, 1.54) is 16.2 Å². The van der Waals surface area contributed by atoms with Gasteiger partial charge in [0.25, 0.3) is 0 Å². The Morgan fingerprint density at radius 3 is 2.85 bits per heavy atom. The molecule has 7 heteroatoms. The first-order chi connectivity index (χ1) is 12.8. The lowest BCUT2D eigenvalue weighted by Gasteiger charge is -2.18. The van der Waals surface area contributed by atoms with Gasteiger partial charge >= 0.3 is 0 Å². The molecule has 0 saturated carbocycles. The molecule has 5 nitrogen and oxygen atoms in total. The maximum atomic E-state index is 4.71. The summed E-state index contributed by atoms with van der Waals surface area (Å²) in [5.74, 6) is 2.61. The van der Waals surface area contributed by atoms with E-state index in [1.807, 2.05) is 36.7 Å². The van der Waals surface area contributed by atoms with Gasteiger partial charge in [-0.15, -0.1) is 23.1 Å². The molecule has 1 aliphatic rings. The smallest absolute Gasteiger partial charge is 0.211 e. The van der Waals surface area contributed by atoms with Crippen molar-refractivity contribution in [2.45, 2.75) is 4.90 Å². The molecular weight excluding hydrogens is 362 g/mol. The van der Waals surface area contributed by atoms with Crippen molar-refractivity contribution in [3.8, 4) is 11.5 Å². The van der Waals surface area contributed by atoms with Crippen molar-refractivity contribution < 1.29 is 0 Å². The zero-order chi connectivity index (χ0) is 17.5. The van der Waals surface area contributed by atoms with Crippen LogP contribution >= 0.6 is 23.1 Å². The second kappa shape index (κ2) is 6.26. The Hall–Kier alpha value is -2.64. The first-order valence-electron chi connectivity index (χ1n) is 8.22.